The van der Waals surface area contributed by atoms with Gasteiger partial charge in [0, 0.05) is 12.8 Å². The number of carbonyl (C=O) groups excluding carboxylic acids is 1. The summed E-state index contributed by atoms with van der Waals surface area (Å²) in [6.07, 6.45) is 14.3. The van der Waals surface area contributed by atoms with Gasteiger partial charge in [0.05, 0.1) is 6.26 Å². The van der Waals surface area contributed by atoms with Crippen LogP contribution in [0.3, 0.4) is 0 Å². The Morgan fingerprint density at radius 3 is 2.15 bits per heavy atom. The van der Waals surface area contributed by atoms with Crippen molar-refractivity contribution in [2.24, 2.45) is 11.8 Å². The van der Waals surface area contributed by atoms with Crippen molar-refractivity contribution in [2.45, 2.75) is 98.2 Å². The molecule has 2 nitrogen and oxygen atoms in total. The van der Waals surface area contributed by atoms with Crippen LogP contribution in [0.1, 0.15) is 80.1 Å². The Bertz CT molecular complexity index is 447. The highest BCUT2D eigenvalue weighted by Crippen LogP contribution is 2.30. The zero-order chi connectivity index (χ0) is 20.7. The van der Waals surface area contributed by atoms with Gasteiger partial charge in [-0.1, -0.05) is 54.0 Å². The number of hydrogen-bond donors (Lipinski definition) is 0. The first kappa shape index (κ1) is 26.5. The minimum absolute atomic E-state index is 0.424. The van der Waals surface area contributed by atoms with E-state index in [1.54, 1.807) is 0 Å². The molecule has 0 aromatic heterocycles. The molecule has 0 radical (unpaired) electrons. The highest BCUT2D eigenvalue weighted by atomic mass is 32.2. The van der Waals surface area contributed by atoms with Crippen molar-refractivity contribution in [3.8, 4) is 0 Å². The first-order chi connectivity index (χ1) is 12.9. The van der Waals surface area contributed by atoms with Crippen molar-refractivity contribution in [2.75, 3.05) is 6.26 Å². The Hall–Kier alpha value is -0.483. The number of unbranched alkanes of at least 4 members (excludes halogenated alkanes) is 2. The number of rotatable bonds is 16. The third-order valence-electron chi connectivity index (χ3n) is 5.92. The Kier molecular flexibility index (Phi) is 15.2. The van der Waals surface area contributed by atoms with Gasteiger partial charge < -0.3 is 4.43 Å². The molecule has 0 unspecified atom stereocenters. The predicted octanol–water partition coefficient (Wildman–Crippen LogP) is 7.97. The Morgan fingerprint density at radius 1 is 1.04 bits per heavy atom. The molecule has 158 valence electrons. The maximum Gasteiger partial charge on any atom is 0.249 e. The molecule has 4 heteroatoms. The molecule has 27 heavy (non-hydrogen) atoms. The average molecular weight is 413 g/mol. The minimum atomic E-state index is -1.54. The Balaban J connectivity index is 4.56. The first-order valence-electron chi connectivity index (χ1n) is 11.0. The molecule has 0 amide bonds. The number of carbonyl (C=O) groups is 1. The van der Waals surface area contributed by atoms with Crippen LogP contribution in [0, 0.1) is 11.8 Å². The van der Waals surface area contributed by atoms with Gasteiger partial charge in [0.2, 0.25) is 8.32 Å². The number of hydrogen-bond acceptors (Lipinski definition) is 3. The molecule has 0 saturated carbocycles. The van der Waals surface area contributed by atoms with Gasteiger partial charge in [0.1, 0.15) is 5.78 Å². The lowest BCUT2D eigenvalue weighted by Gasteiger charge is -2.27. The predicted molar refractivity (Wildman–Crippen MR) is 126 cm³/mol. The maximum atomic E-state index is 11.8. The average Bonchev–Trinajstić information content (AvgIpc) is 2.69. The van der Waals surface area contributed by atoms with Crippen LogP contribution in [0.4, 0.5) is 0 Å². The molecule has 0 aliphatic rings. The normalized spacial score (nSPS) is 15.1. The highest BCUT2D eigenvalue weighted by Gasteiger charge is 2.29. The second kappa shape index (κ2) is 15.4. The van der Waals surface area contributed by atoms with E-state index in [1.807, 2.05) is 18.0 Å². The van der Waals surface area contributed by atoms with E-state index >= 15 is 0 Å². The molecule has 0 aromatic rings. The molecule has 0 N–H and O–H groups in total. The molecule has 0 heterocycles. The molecule has 0 fully saturated rings. The molecule has 0 bridgehead atoms. The first-order valence-corrected chi connectivity index (χ1v) is 14.7. The summed E-state index contributed by atoms with van der Waals surface area (Å²) in [7, 11) is -1.54. The molecule has 0 spiro atoms. The third kappa shape index (κ3) is 10.6. The quantitative estimate of drug-likeness (QED) is 0.146. The summed E-state index contributed by atoms with van der Waals surface area (Å²) in [6, 6.07) is 3.55. The number of ketones is 1. The summed E-state index contributed by atoms with van der Waals surface area (Å²) in [4.78, 5) is 13.2. The molecule has 0 aliphatic carbocycles. The second-order valence-corrected chi connectivity index (χ2v) is 13.3. The third-order valence-corrected chi connectivity index (χ3v) is 11.4. The lowest BCUT2D eigenvalue weighted by atomic mass is 9.94. The monoisotopic (exact) mass is 412 g/mol. The van der Waals surface area contributed by atoms with E-state index in [4.69, 9.17) is 4.43 Å². The van der Waals surface area contributed by atoms with Crippen LogP contribution in [-0.2, 0) is 9.22 Å². The fourth-order valence-electron chi connectivity index (χ4n) is 3.23. The van der Waals surface area contributed by atoms with E-state index in [2.05, 4.69) is 60.0 Å². The van der Waals surface area contributed by atoms with Crippen molar-refractivity contribution in [3.63, 3.8) is 0 Å². The summed E-state index contributed by atoms with van der Waals surface area (Å²) in [5, 5.41) is 0. The van der Waals surface area contributed by atoms with Gasteiger partial charge in [-0.05, 0) is 66.5 Å². The van der Waals surface area contributed by atoms with E-state index in [0.717, 1.165) is 38.5 Å². The fourth-order valence-corrected chi connectivity index (χ4v) is 6.47. The van der Waals surface area contributed by atoms with Gasteiger partial charge >= 0.3 is 0 Å². The van der Waals surface area contributed by atoms with E-state index in [1.165, 1.54) is 23.0 Å². The van der Waals surface area contributed by atoms with Gasteiger partial charge in [0.25, 0.3) is 0 Å². The highest BCUT2D eigenvalue weighted by molar-refractivity contribution is 8.02. The smallest absolute Gasteiger partial charge is 0.249 e. The van der Waals surface area contributed by atoms with E-state index in [9.17, 15) is 4.79 Å². The fraction of sp³-hybridized carbons (Fsp3) is 0.783. The zero-order valence-electron chi connectivity index (χ0n) is 19.0. The van der Waals surface area contributed by atoms with E-state index in [0.29, 0.717) is 17.6 Å². The SMILES string of the molecule is CCCCC(=O)CCC/C=C(/SC)[C@@H](C)[C@@H](C)/C=C/O[Si](CC)(CC)CC. The van der Waals surface area contributed by atoms with Crippen molar-refractivity contribution in [1.29, 1.82) is 0 Å². The van der Waals surface area contributed by atoms with Crippen LogP contribution >= 0.6 is 11.8 Å². The maximum absolute atomic E-state index is 11.8. The molecule has 0 rings (SSSR count). The van der Waals surface area contributed by atoms with Crippen LogP contribution in [0.2, 0.25) is 18.1 Å². The largest absolute Gasteiger partial charge is 0.549 e. The molecule has 2 atom stereocenters. The second-order valence-electron chi connectivity index (χ2n) is 7.68. The van der Waals surface area contributed by atoms with Crippen LogP contribution in [0.15, 0.2) is 23.3 Å². The van der Waals surface area contributed by atoms with Gasteiger partial charge in [-0.15, -0.1) is 11.8 Å². The molecule has 0 saturated heterocycles. The van der Waals surface area contributed by atoms with Crippen molar-refractivity contribution < 1.29 is 9.22 Å². The van der Waals surface area contributed by atoms with E-state index in [-0.39, 0.29) is 0 Å². The van der Waals surface area contributed by atoms with Crippen LogP contribution in [-0.4, -0.2) is 20.4 Å². The van der Waals surface area contributed by atoms with Crippen LogP contribution < -0.4 is 0 Å². The van der Waals surface area contributed by atoms with Gasteiger partial charge in [-0.3, -0.25) is 4.79 Å². The van der Waals surface area contributed by atoms with Crippen molar-refractivity contribution in [1.82, 2.24) is 0 Å². The molecule has 0 aliphatic heterocycles. The van der Waals surface area contributed by atoms with Crippen molar-refractivity contribution >= 4 is 25.9 Å². The summed E-state index contributed by atoms with van der Waals surface area (Å²) in [5.41, 5.74) is 0. The Morgan fingerprint density at radius 2 is 1.63 bits per heavy atom. The summed E-state index contributed by atoms with van der Waals surface area (Å²) < 4.78 is 6.26. The Labute approximate surface area is 174 Å². The number of allylic oxidation sites excluding steroid dienone is 3. The van der Waals surface area contributed by atoms with Crippen LogP contribution in [0.25, 0.3) is 0 Å². The molecular formula is C23H44O2SSi. The van der Waals surface area contributed by atoms with Gasteiger partial charge in [-0.25, -0.2) is 0 Å². The lowest BCUT2D eigenvalue weighted by Crippen LogP contribution is -2.33. The minimum Gasteiger partial charge on any atom is -0.549 e. The molecular weight excluding hydrogens is 368 g/mol. The number of thioether (sulfide) groups is 1. The van der Waals surface area contributed by atoms with Crippen molar-refractivity contribution in [3.05, 3.63) is 23.3 Å². The topological polar surface area (TPSA) is 26.3 Å². The summed E-state index contributed by atoms with van der Waals surface area (Å²) in [6.45, 7) is 13.5. The molecule has 0 aromatic carbocycles. The van der Waals surface area contributed by atoms with E-state index < -0.39 is 8.32 Å². The summed E-state index contributed by atoms with van der Waals surface area (Å²) >= 11 is 1.84. The summed E-state index contributed by atoms with van der Waals surface area (Å²) in [5.74, 6) is 1.36. The lowest BCUT2D eigenvalue weighted by molar-refractivity contribution is -0.119. The van der Waals surface area contributed by atoms with Crippen LogP contribution in [0.5, 0.6) is 0 Å². The number of Topliss-reactive ketones (excluding diaryl/α,β-unsaturated/α-hetero) is 1. The standard InChI is InChI=1S/C23H44O2SSi/c1-8-12-15-22(24)16-13-14-17-23(26-7)21(6)20(5)18-19-25-27(9-2,10-3)11-4/h17-21H,8-16H2,1-7H3/b19-18+,23-17+/t20-,21-/m0/s1. The van der Waals surface area contributed by atoms with Gasteiger partial charge in [-0.2, -0.15) is 0 Å². The van der Waals surface area contributed by atoms with Gasteiger partial charge in [0.15, 0.2) is 0 Å². The zero-order valence-corrected chi connectivity index (χ0v) is 20.8.